The van der Waals surface area contributed by atoms with Gasteiger partial charge in [-0.05, 0) is 44.4 Å². The smallest absolute Gasteiger partial charge is 0.309 e. The molecule has 28 heavy (non-hydrogen) atoms. The number of nitrogens with zero attached hydrogens (tertiary/aromatic N) is 2. The first-order chi connectivity index (χ1) is 13.2. The summed E-state index contributed by atoms with van der Waals surface area (Å²) >= 11 is 0. The van der Waals surface area contributed by atoms with E-state index in [9.17, 15) is 18.0 Å². The number of hydrogen-bond acceptors (Lipinski definition) is 6. The molecule has 1 fully saturated rings. The fourth-order valence-electron chi connectivity index (χ4n) is 3.60. The lowest BCUT2D eigenvalue weighted by atomic mass is 9.96. The van der Waals surface area contributed by atoms with Crippen molar-refractivity contribution in [1.82, 2.24) is 4.90 Å². The topological polar surface area (TPSA) is 93.2 Å². The second-order valence-electron chi connectivity index (χ2n) is 7.22. The third-order valence-corrected chi connectivity index (χ3v) is 6.23. The van der Waals surface area contributed by atoms with E-state index < -0.39 is 16.1 Å². The molecule has 1 saturated heterocycles. The molecule has 3 rings (SSSR count). The minimum absolute atomic E-state index is 0.0636. The van der Waals surface area contributed by atoms with Crippen LogP contribution in [0.2, 0.25) is 0 Å². The molecular weight excluding hydrogens is 384 g/mol. The van der Waals surface area contributed by atoms with Gasteiger partial charge in [0.05, 0.1) is 31.0 Å². The highest BCUT2D eigenvalue weighted by Crippen LogP contribution is 2.36. The summed E-state index contributed by atoms with van der Waals surface area (Å²) in [6, 6.07) is 5.24. The van der Waals surface area contributed by atoms with Crippen LogP contribution in [0.3, 0.4) is 0 Å². The highest BCUT2D eigenvalue weighted by atomic mass is 32.2. The number of hydrogen-bond donors (Lipinski definition) is 0. The lowest BCUT2D eigenvalue weighted by Crippen LogP contribution is -2.53. The normalized spacial score (nSPS) is 20.3. The van der Waals surface area contributed by atoms with E-state index in [1.807, 2.05) is 13.0 Å². The van der Waals surface area contributed by atoms with Gasteiger partial charge in [0.15, 0.2) is 6.10 Å². The van der Waals surface area contributed by atoms with Crippen LogP contribution in [0.25, 0.3) is 0 Å². The van der Waals surface area contributed by atoms with Crippen LogP contribution in [0, 0.1) is 12.8 Å². The van der Waals surface area contributed by atoms with Crippen molar-refractivity contribution in [2.45, 2.75) is 32.8 Å². The summed E-state index contributed by atoms with van der Waals surface area (Å²) in [5, 5.41) is 0. The number of amides is 1. The lowest BCUT2D eigenvalue weighted by molar-refractivity contribution is -0.152. The van der Waals surface area contributed by atoms with Crippen LogP contribution < -0.4 is 9.04 Å². The van der Waals surface area contributed by atoms with Crippen LogP contribution in [-0.4, -0.2) is 63.8 Å². The zero-order valence-electron chi connectivity index (χ0n) is 16.4. The van der Waals surface area contributed by atoms with E-state index in [-0.39, 0.29) is 24.3 Å². The second-order valence-corrected chi connectivity index (χ2v) is 9.13. The Morgan fingerprint density at radius 3 is 2.54 bits per heavy atom. The SMILES string of the molecule is CCOC(=O)C1CCN(C(=O)C2CN(S(C)(=O)=O)c3cc(C)ccc3O2)CC1. The number of ether oxygens (including phenoxy) is 2. The molecule has 0 saturated carbocycles. The Kier molecular flexibility index (Phi) is 5.83. The van der Waals surface area contributed by atoms with Crippen LogP contribution in [-0.2, 0) is 24.3 Å². The quantitative estimate of drug-likeness (QED) is 0.695. The maximum Gasteiger partial charge on any atom is 0.309 e. The molecule has 1 amide bonds. The number of carbonyl (C=O) groups is 2. The summed E-state index contributed by atoms with van der Waals surface area (Å²) in [6.45, 7) is 4.75. The first-order valence-electron chi connectivity index (χ1n) is 9.41. The van der Waals surface area contributed by atoms with Crippen LogP contribution in [0.5, 0.6) is 5.75 Å². The molecule has 0 bridgehead atoms. The van der Waals surface area contributed by atoms with Crippen LogP contribution >= 0.6 is 0 Å². The van der Waals surface area contributed by atoms with E-state index in [2.05, 4.69) is 0 Å². The number of benzene rings is 1. The van der Waals surface area contributed by atoms with Crippen molar-refractivity contribution in [3.05, 3.63) is 23.8 Å². The van der Waals surface area contributed by atoms with Crippen LogP contribution in [0.4, 0.5) is 5.69 Å². The largest absolute Gasteiger partial charge is 0.476 e. The molecule has 2 aliphatic rings. The molecule has 0 aliphatic carbocycles. The monoisotopic (exact) mass is 410 g/mol. The van der Waals surface area contributed by atoms with Gasteiger partial charge in [-0.3, -0.25) is 13.9 Å². The molecule has 0 spiro atoms. The van der Waals surface area contributed by atoms with Gasteiger partial charge in [-0.15, -0.1) is 0 Å². The number of aryl methyl sites for hydroxylation is 1. The molecule has 1 atom stereocenters. The van der Waals surface area contributed by atoms with Crippen molar-refractivity contribution in [3.8, 4) is 5.75 Å². The summed E-state index contributed by atoms with van der Waals surface area (Å²) in [5.41, 5.74) is 1.36. The van der Waals surface area contributed by atoms with Gasteiger partial charge in [0.25, 0.3) is 5.91 Å². The lowest BCUT2D eigenvalue weighted by Gasteiger charge is -2.38. The van der Waals surface area contributed by atoms with Gasteiger partial charge in [0, 0.05) is 13.1 Å². The zero-order chi connectivity index (χ0) is 20.5. The zero-order valence-corrected chi connectivity index (χ0v) is 17.2. The maximum atomic E-state index is 13.0. The summed E-state index contributed by atoms with van der Waals surface area (Å²) in [6.07, 6.45) is 1.27. The summed E-state index contributed by atoms with van der Waals surface area (Å²) in [5.74, 6) is -0.312. The van der Waals surface area contributed by atoms with E-state index in [0.29, 0.717) is 44.0 Å². The number of anilines is 1. The van der Waals surface area contributed by atoms with Crippen molar-refractivity contribution >= 4 is 27.6 Å². The minimum Gasteiger partial charge on any atom is -0.476 e. The number of esters is 1. The van der Waals surface area contributed by atoms with Gasteiger partial charge in [-0.2, -0.15) is 0 Å². The highest BCUT2D eigenvalue weighted by molar-refractivity contribution is 7.92. The summed E-state index contributed by atoms with van der Waals surface area (Å²) < 4.78 is 36.7. The third kappa shape index (κ3) is 4.24. The van der Waals surface area contributed by atoms with Gasteiger partial charge in [-0.1, -0.05) is 6.07 Å². The first-order valence-corrected chi connectivity index (χ1v) is 11.3. The van der Waals surface area contributed by atoms with Gasteiger partial charge >= 0.3 is 5.97 Å². The van der Waals surface area contributed by atoms with Crippen molar-refractivity contribution in [1.29, 1.82) is 0 Å². The van der Waals surface area contributed by atoms with E-state index in [4.69, 9.17) is 9.47 Å². The Hall–Kier alpha value is -2.29. The number of piperidine rings is 1. The molecule has 2 heterocycles. The Morgan fingerprint density at radius 2 is 1.93 bits per heavy atom. The maximum absolute atomic E-state index is 13.0. The van der Waals surface area contributed by atoms with Crippen molar-refractivity contribution < 1.29 is 27.5 Å². The molecule has 0 N–H and O–H groups in total. The van der Waals surface area contributed by atoms with Gasteiger partial charge in [-0.25, -0.2) is 8.42 Å². The van der Waals surface area contributed by atoms with Crippen LogP contribution in [0.1, 0.15) is 25.3 Å². The number of sulfonamides is 1. The van der Waals surface area contributed by atoms with Gasteiger partial charge in [0.2, 0.25) is 10.0 Å². The standard InChI is InChI=1S/C19H26N2O6S/c1-4-26-19(23)14-7-9-20(10-8-14)18(22)17-12-21(28(3,24)25)15-11-13(2)5-6-16(15)27-17/h5-6,11,14,17H,4,7-10,12H2,1-3H3. The Morgan fingerprint density at radius 1 is 1.25 bits per heavy atom. The number of likely N-dealkylation sites (tertiary alicyclic amines) is 1. The van der Waals surface area contributed by atoms with E-state index >= 15 is 0 Å². The second kappa shape index (κ2) is 7.98. The van der Waals surface area contributed by atoms with Crippen molar-refractivity contribution in [2.75, 3.05) is 36.8 Å². The molecule has 9 heteroatoms. The minimum atomic E-state index is -3.56. The van der Waals surface area contributed by atoms with E-state index in [1.54, 1.807) is 24.0 Å². The fourth-order valence-corrected chi connectivity index (χ4v) is 4.51. The Bertz CT molecular complexity index is 861. The van der Waals surface area contributed by atoms with Crippen molar-refractivity contribution in [3.63, 3.8) is 0 Å². The molecule has 8 nitrogen and oxygen atoms in total. The average molecular weight is 410 g/mol. The summed E-state index contributed by atoms with van der Waals surface area (Å²) in [7, 11) is -3.56. The third-order valence-electron chi connectivity index (χ3n) is 5.09. The molecule has 0 radical (unpaired) electrons. The van der Waals surface area contributed by atoms with Gasteiger partial charge < -0.3 is 14.4 Å². The molecule has 1 aromatic carbocycles. The molecule has 1 aromatic rings. The van der Waals surface area contributed by atoms with E-state index in [0.717, 1.165) is 11.8 Å². The number of carbonyl (C=O) groups excluding carboxylic acids is 2. The Balaban J connectivity index is 1.73. The highest BCUT2D eigenvalue weighted by Gasteiger charge is 2.38. The fraction of sp³-hybridized carbons (Fsp3) is 0.579. The molecular formula is C19H26N2O6S. The van der Waals surface area contributed by atoms with Crippen molar-refractivity contribution in [2.24, 2.45) is 5.92 Å². The molecule has 154 valence electrons. The summed E-state index contributed by atoms with van der Waals surface area (Å²) in [4.78, 5) is 26.5. The predicted octanol–water partition coefficient (Wildman–Crippen LogP) is 1.32. The average Bonchev–Trinajstić information content (AvgIpc) is 2.66. The molecule has 1 unspecified atom stereocenters. The van der Waals surface area contributed by atoms with Gasteiger partial charge in [0.1, 0.15) is 5.75 Å². The molecule has 2 aliphatic heterocycles. The number of fused-ring (bicyclic) bond motifs is 1. The number of rotatable bonds is 4. The van der Waals surface area contributed by atoms with E-state index in [1.165, 1.54) is 4.31 Å². The molecule has 0 aromatic heterocycles. The van der Waals surface area contributed by atoms with Crippen LogP contribution in [0.15, 0.2) is 18.2 Å². The first kappa shape index (κ1) is 20.4. The predicted molar refractivity (Wildman–Crippen MR) is 104 cm³/mol. The Labute approximate surface area is 165 Å².